The van der Waals surface area contributed by atoms with E-state index in [1.54, 1.807) is 0 Å². The maximum absolute atomic E-state index is 6.40. The van der Waals surface area contributed by atoms with E-state index in [-0.39, 0.29) is 6.04 Å². The molecule has 0 amide bonds. The highest BCUT2D eigenvalue weighted by atomic mass is 14.6. The van der Waals surface area contributed by atoms with Crippen molar-refractivity contribution in [1.82, 2.24) is 0 Å². The highest BCUT2D eigenvalue weighted by Crippen LogP contribution is 2.31. The van der Waals surface area contributed by atoms with Gasteiger partial charge in [0.2, 0.25) is 0 Å². The lowest BCUT2D eigenvalue weighted by Crippen LogP contribution is -2.17. The number of hydrogen-bond acceptors (Lipinski definition) is 1. The summed E-state index contributed by atoms with van der Waals surface area (Å²) in [4.78, 5) is 0. The molecule has 0 spiro atoms. The number of nitrogens with two attached hydrogens (primary N) is 1. The van der Waals surface area contributed by atoms with Crippen molar-refractivity contribution in [3.8, 4) is 0 Å². The van der Waals surface area contributed by atoms with Crippen LogP contribution >= 0.6 is 0 Å². The summed E-state index contributed by atoms with van der Waals surface area (Å²) in [7, 11) is 0. The summed E-state index contributed by atoms with van der Waals surface area (Å²) in [6.45, 7) is 4.32. The molecule has 0 bridgehead atoms. The van der Waals surface area contributed by atoms with E-state index in [0.29, 0.717) is 0 Å². The van der Waals surface area contributed by atoms with Gasteiger partial charge in [0, 0.05) is 0 Å². The molecule has 1 heteroatoms. The molecule has 1 aromatic carbocycles. The molecular weight excluding hydrogens is 194 g/mol. The Bertz CT molecular complexity index is 384. The Kier molecular flexibility index (Phi) is 3.45. The van der Waals surface area contributed by atoms with Gasteiger partial charge < -0.3 is 5.73 Å². The Morgan fingerprint density at radius 1 is 1.12 bits per heavy atom. The Hall–Kier alpha value is -1.08. The van der Waals surface area contributed by atoms with Gasteiger partial charge in [-0.25, -0.2) is 0 Å². The average Bonchev–Trinajstić information content (AvgIpc) is 2.30. The zero-order chi connectivity index (χ0) is 11.5. The second kappa shape index (κ2) is 4.84. The first-order valence-corrected chi connectivity index (χ1v) is 6.21. The first-order valence-electron chi connectivity index (χ1n) is 6.21. The normalized spacial score (nSPS) is 18.1. The summed E-state index contributed by atoms with van der Waals surface area (Å²) in [5.74, 6) is 0. The molecule has 1 unspecified atom stereocenters. The maximum Gasteiger partial charge on any atom is 0.0516 e. The van der Waals surface area contributed by atoms with E-state index in [4.69, 9.17) is 5.73 Å². The first kappa shape index (κ1) is 11.4. The summed E-state index contributed by atoms with van der Waals surface area (Å²) < 4.78 is 0. The lowest BCUT2D eigenvalue weighted by molar-refractivity contribution is 0.645. The van der Waals surface area contributed by atoms with Crippen molar-refractivity contribution in [2.45, 2.75) is 45.6 Å². The maximum atomic E-state index is 6.40. The SMILES string of the molecule is Cc1cccc(C)c1C(N)C1=CCCCC1. The molecule has 1 aliphatic rings. The molecule has 1 atom stereocenters. The molecule has 0 radical (unpaired) electrons. The Labute approximate surface area is 98.4 Å². The van der Waals surface area contributed by atoms with Gasteiger partial charge in [0.05, 0.1) is 6.04 Å². The third-order valence-corrected chi connectivity index (χ3v) is 3.58. The van der Waals surface area contributed by atoms with Crippen LogP contribution in [0.25, 0.3) is 0 Å². The fourth-order valence-electron chi connectivity index (χ4n) is 2.65. The molecule has 0 aromatic heterocycles. The van der Waals surface area contributed by atoms with Crippen molar-refractivity contribution >= 4 is 0 Å². The van der Waals surface area contributed by atoms with Crippen LogP contribution in [0.3, 0.4) is 0 Å². The van der Waals surface area contributed by atoms with E-state index in [9.17, 15) is 0 Å². The molecule has 16 heavy (non-hydrogen) atoms. The smallest absolute Gasteiger partial charge is 0.0516 e. The molecule has 86 valence electrons. The van der Waals surface area contributed by atoms with Crippen LogP contribution in [0.2, 0.25) is 0 Å². The predicted octanol–water partition coefficient (Wildman–Crippen LogP) is 3.80. The van der Waals surface area contributed by atoms with Crippen molar-refractivity contribution in [3.63, 3.8) is 0 Å². The summed E-state index contributed by atoms with van der Waals surface area (Å²) in [6.07, 6.45) is 7.34. The highest BCUT2D eigenvalue weighted by Gasteiger charge is 2.17. The molecule has 2 rings (SSSR count). The molecule has 0 aliphatic heterocycles. The van der Waals surface area contributed by atoms with Crippen LogP contribution in [-0.2, 0) is 0 Å². The zero-order valence-corrected chi connectivity index (χ0v) is 10.3. The molecule has 0 saturated carbocycles. The predicted molar refractivity (Wildman–Crippen MR) is 69.4 cm³/mol. The van der Waals surface area contributed by atoms with Gasteiger partial charge in [-0.3, -0.25) is 0 Å². The minimum atomic E-state index is 0.112. The Balaban J connectivity index is 2.33. The van der Waals surface area contributed by atoms with Gasteiger partial charge >= 0.3 is 0 Å². The number of aryl methyl sites for hydroxylation is 2. The van der Waals surface area contributed by atoms with Crippen molar-refractivity contribution in [1.29, 1.82) is 0 Å². The molecular formula is C15H21N. The number of rotatable bonds is 2. The van der Waals surface area contributed by atoms with Crippen LogP contribution in [0.15, 0.2) is 29.8 Å². The minimum Gasteiger partial charge on any atom is -0.321 e. The molecule has 0 heterocycles. The summed E-state index contributed by atoms with van der Waals surface area (Å²) in [6, 6.07) is 6.54. The van der Waals surface area contributed by atoms with Gasteiger partial charge in [0.1, 0.15) is 0 Å². The van der Waals surface area contributed by atoms with Crippen LogP contribution in [0.4, 0.5) is 0 Å². The molecule has 1 aliphatic carbocycles. The fraction of sp³-hybridized carbons (Fsp3) is 0.467. The summed E-state index contributed by atoms with van der Waals surface area (Å²) in [5.41, 5.74) is 11.8. The fourth-order valence-corrected chi connectivity index (χ4v) is 2.65. The number of benzene rings is 1. The first-order chi connectivity index (χ1) is 7.70. The second-order valence-electron chi connectivity index (χ2n) is 4.81. The lowest BCUT2D eigenvalue weighted by Gasteiger charge is -2.23. The van der Waals surface area contributed by atoms with Crippen LogP contribution in [-0.4, -0.2) is 0 Å². The molecule has 0 fully saturated rings. The van der Waals surface area contributed by atoms with Gasteiger partial charge in [-0.2, -0.15) is 0 Å². The van der Waals surface area contributed by atoms with Gasteiger partial charge in [-0.15, -0.1) is 0 Å². The third-order valence-electron chi connectivity index (χ3n) is 3.58. The van der Waals surface area contributed by atoms with Gasteiger partial charge in [-0.05, 0) is 56.2 Å². The minimum absolute atomic E-state index is 0.112. The second-order valence-corrected chi connectivity index (χ2v) is 4.81. The zero-order valence-electron chi connectivity index (χ0n) is 10.3. The quantitative estimate of drug-likeness (QED) is 0.746. The van der Waals surface area contributed by atoms with Crippen molar-refractivity contribution in [2.75, 3.05) is 0 Å². The summed E-state index contributed by atoms with van der Waals surface area (Å²) in [5, 5.41) is 0. The van der Waals surface area contributed by atoms with Gasteiger partial charge in [-0.1, -0.05) is 29.8 Å². The topological polar surface area (TPSA) is 26.0 Å². The number of hydrogen-bond donors (Lipinski definition) is 1. The van der Waals surface area contributed by atoms with E-state index < -0.39 is 0 Å². The Morgan fingerprint density at radius 2 is 1.81 bits per heavy atom. The summed E-state index contributed by atoms with van der Waals surface area (Å²) >= 11 is 0. The van der Waals surface area contributed by atoms with E-state index in [1.807, 2.05) is 0 Å². The van der Waals surface area contributed by atoms with Crippen LogP contribution < -0.4 is 5.73 Å². The lowest BCUT2D eigenvalue weighted by atomic mass is 9.86. The van der Waals surface area contributed by atoms with Gasteiger partial charge in [0.25, 0.3) is 0 Å². The monoisotopic (exact) mass is 215 g/mol. The molecule has 1 nitrogen and oxygen atoms in total. The van der Waals surface area contributed by atoms with Gasteiger partial charge in [0.15, 0.2) is 0 Å². The van der Waals surface area contributed by atoms with Crippen LogP contribution in [0, 0.1) is 13.8 Å². The van der Waals surface area contributed by atoms with Crippen LogP contribution in [0.5, 0.6) is 0 Å². The average molecular weight is 215 g/mol. The Morgan fingerprint density at radius 3 is 2.38 bits per heavy atom. The molecule has 0 saturated heterocycles. The number of allylic oxidation sites excluding steroid dienone is 1. The van der Waals surface area contributed by atoms with Crippen molar-refractivity contribution < 1.29 is 0 Å². The standard InChI is InChI=1S/C15H21N/c1-11-7-6-8-12(2)14(11)15(16)13-9-4-3-5-10-13/h6-9,15H,3-5,10,16H2,1-2H3. The van der Waals surface area contributed by atoms with Crippen LogP contribution in [0.1, 0.15) is 48.4 Å². The van der Waals surface area contributed by atoms with E-state index in [1.165, 1.54) is 47.9 Å². The third kappa shape index (κ3) is 2.19. The van der Waals surface area contributed by atoms with Crippen molar-refractivity contribution in [2.24, 2.45) is 5.73 Å². The molecule has 2 N–H and O–H groups in total. The van der Waals surface area contributed by atoms with E-state index in [2.05, 4.69) is 38.1 Å². The largest absolute Gasteiger partial charge is 0.321 e. The highest BCUT2D eigenvalue weighted by molar-refractivity contribution is 5.40. The van der Waals surface area contributed by atoms with E-state index in [0.717, 1.165) is 0 Å². The molecule has 1 aromatic rings. The van der Waals surface area contributed by atoms with E-state index >= 15 is 0 Å². The van der Waals surface area contributed by atoms with Crippen molar-refractivity contribution in [3.05, 3.63) is 46.5 Å².